The molecule has 1 aliphatic heterocycles. The van der Waals surface area contributed by atoms with Gasteiger partial charge < -0.3 is 15.0 Å². The van der Waals surface area contributed by atoms with E-state index in [0.29, 0.717) is 17.6 Å². The second kappa shape index (κ2) is 6.72. The van der Waals surface area contributed by atoms with Crippen LogP contribution in [-0.2, 0) is 4.74 Å². The first-order valence-corrected chi connectivity index (χ1v) is 6.97. The van der Waals surface area contributed by atoms with Gasteiger partial charge in [0.1, 0.15) is 0 Å². The minimum absolute atomic E-state index is 0.306. The molecule has 0 saturated carbocycles. The molecule has 1 fully saturated rings. The van der Waals surface area contributed by atoms with Gasteiger partial charge in [0.05, 0.1) is 6.10 Å². The Hall–Kier alpha value is -0.120. The monoisotopic (exact) mass is 242 g/mol. The van der Waals surface area contributed by atoms with Crippen LogP contribution < -0.4 is 5.32 Å². The number of nitrogens with one attached hydrogen (secondary N) is 1. The Morgan fingerprint density at radius 1 is 1.41 bits per heavy atom. The maximum atomic E-state index is 5.69. The van der Waals surface area contributed by atoms with Crippen LogP contribution in [0.2, 0.25) is 0 Å². The average molecular weight is 242 g/mol. The number of hydrogen-bond acceptors (Lipinski definition) is 3. The Morgan fingerprint density at radius 3 is 2.59 bits per heavy atom. The second-order valence-corrected chi connectivity index (χ2v) is 6.33. The second-order valence-electron chi connectivity index (χ2n) is 6.33. The lowest BCUT2D eigenvalue weighted by molar-refractivity contribution is 0.0725. The lowest BCUT2D eigenvalue weighted by Gasteiger charge is -2.35. The molecule has 3 nitrogen and oxygen atoms in total. The van der Waals surface area contributed by atoms with Crippen LogP contribution in [0.25, 0.3) is 0 Å². The molecule has 0 bridgehead atoms. The van der Waals surface area contributed by atoms with Gasteiger partial charge in [-0.2, -0.15) is 0 Å². The van der Waals surface area contributed by atoms with Crippen molar-refractivity contribution >= 4 is 0 Å². The summed E-state index contributed by atoms with van der Waals surface area (Å²) in [5.41, 5.74) is 0.306. The summed E-state index contributed by atoms with van der Waals surface area (Å²) in [4.78, 5) is 2.41. The highest BCUT2D eigenvalue weighted by molar-refractivity contribution is 4.83. The van der Waals surface area contributed by atoms with Crippen LogP contribution >= 0.6 is 0 Å². The molecule has 0 aromatic rings. The van der Waals surface area contributed by atoms with Gasteiger partial charge in [-0.25, -0.2) is 0 Å². The maximum absolute atomic E-state index is 5.69. The normalized spacial score (nSPS) is 23.3. The fraction of sp³-hybridized carbons (Fsp3) is 1.00. The molecule has 3 heteroatoms. The molecule has 102 valence electrons. The van der Waals surface area contributed by atoms with Gasteiger partial charge in [-0.3, -0.25) is 0 Å². The Morgan fingerprint density at radius 2 is 2.12 bits per heavy atom. The molecule has 2 unspecified atom stereocenters. The summed E-state index contributed by atoms with van der Waals surface area (Å²) in [5.74, 6) is 0. The van der Waals surface area contributed by atoms with Gasteiger partial charge in [-0.05, 0) is 31.8 Å². The van der Waals surface area contributed by atoms with E-state index in [1.807, 2.05) is 0 Å². The van der Waals surface area contributed by atoms with E-state index in [0.717, 1.165) is 26.2 Å². The smallest absolute Gasteiger partial charge is 0.0702 e. The summed E-state index contributed by atoms with van der Waals surface area (Å²) < 4.78 is 5.69. The van der Waals surface area contributed by atoms with E-state index in [4.69, 9.17) is 4.74 Å². The van der Waals surface area contributed by atoms with Gasteiger partial charge >= 0.3 is 0 Å². The number of ether oxygens (including phenoxy) is 1. The molecule has 1 heterocycles. The zero-order valence-electron chi connectivity index (χ0n) is 12.3. The Balaban J connectivity index is 2.37. The lowest BCUT2D eigenvalue weighted by atomic mass is 9.86. The molecule has 0 amide bonds. The number of rotatable bonds is 6. The quantitative estimate of drug-likeness (QED) is 0.772. The third-order valence-electron chi connectivity index (χ3n) is 3.53. The molecule has 17 heavy (non-hydrogen) atoms. The first-order chi connectivity index (χ1) is 7.93. The Bertz CT molecular complexity index is 207. The fourth-order valence-corrected chi connectivity index (χ4v) is 2.41. The zero-order valence-corrected chi connectivity index (χ0v) is 12.3. The molecule has 0 spiro atoms. The minimum Gasteiger partial charge on any atom is -0.377 e. The average Bonchev–Trinajstić information content (AvgIpc) is 2.68. The van der Waals surface area contributed by atoms with Crippen molar-refractivity contribution in [1.82, 2.24) is 10.2 Å². The highest BCUT2D eigenvalue weighted by Gasteiger charge is 2.26. The van der Waals surface area contributed by atoms with Crippen molar-refractivity contribution in [2.24, 2.45) is 5.41 Å². The van der Waals surface area contributed by atoms with Gasteiger partial charge in [0, 0.05) is 25.7 Å². The first-order valence-electron chi connectivity index (χ1n) is 6.97. The molecule has 0 aromatic carbocycles. The molecule has 1 saturated heterocycles. The summed E-state index contributed by atoms with van der Waals surface area (Å²) in [6.07, 6.45) is 2.92. The number of likely N-dealkylation sites (N-methyl/N-ethyl adjacent to an activating group) is 2. The number of hydrogen-bond donors (Lipinski definition) is 1. The van der Waals surface area contributed by atoms with Crippen LogP contribution in [0, 0.1) is 5.41 Å². The van der Waals surface area contributed by atoms with Gasteiger partial charge in [0.15, 0.2) is 0 Å². The summed E-state index contributed by atoms with van der Waals surface area (Å²) >= 11 is 0. The molecule has 1 N–H and O–H groups in total. The molecular formula is C14H30N2O. The van der Waals surface area contributed by atoms with Crippen LogP contribution in [0.5, 0.6) is 0 Å². The summed E-state index contributed by atoms with van der Waals surface area (Å²) in [6.45, 7) is 13.2. The van der Waals surface area contributed by atoms with E-state index >= 15 is 0 Å². The summed E-state index contributed by atoms with van der Waals surface area (Å²) in [7, 11) is 2.21. The van der Waals surface area contributed by atoms with Crippen molar-refractivity contribution in [1.29, 1.82) is 0 Å². The molecule has 1 aliphatic rings. The molecule has 0 radical (unpaired) electrons. The van der Waals surface area contributed by atoms with Crippen molar-refractivity contribution in [3.63, 3.8) is 0 Å². The standard InChI is InChI=1S/C14H30N2O/c1-6-15-13(14(2,3)4)11-16(5)10-12-8-7-9-17-12/h12-13,15H,6-11H2,1-5H3. The highest BCUT2D eigenvalue weighted by Crippen LogP contribution is 2.20. The molecule has 0 aliphatic carbocycles. The van der Waals surface area contributed by atoms with Crippen molar-refractivity contribution in [2.75, 3.05) is 33.3 Å². The summed E-state index contributed by atoms with van der Waals surface area (Å²) in [6, 6.07) is 0.541. The minimum atomic E-state index is 0.306. The maximum Gasteiger partial charge on any atom is 0.0702 e. The SMILES string of the molecule is CCNC(CN(C)CC1CCCO1)C(C)(C)C. The molecule has 2 atom stereocenters. The van der Waals surface area contributed by atoms with E-state index < -0.39 is 0 Å². The van der Waals surface area contributed by atoms with E-state index in [-0.39, 0.29) is 0 Å². The topological polar surface area (TPSA) is 24.5 Å². The predicted octanol–water partition coefficient (Wildman–Crippen LogP) is 2.12. The molecular weight excluding hydrogens is 212 g/mol. The third kappa shape index (κ3) is 5.36. The van der Waals surface area contributed by atoms with Crippen molar-refractivity contribution in [3.05, 3.63) is 0 Å². The van der Waals surface area contributed by atoms with Crippen LogP contribution in [0.15, 0.2) is 0 Å². The molecule has 1 rings (SSSR count). The van der Waals surface area contributed by atoms with Crippen molar-refractivity contribution < 1.29 is 4.74 Å². The van der Waals surface area contributed by atoms with Gasteiger partial charge in [0.25, 0.3) is 0 Å². The number of nitrogens with zero attached hydrogens (tertiary/aromatic N) is 1. The predicted molar refractivity (Wildman–Crippen MR) is 73.4 cm³/mol. The third-order valence-corrected chi connectivity index (χ3v) is 3.53. The van der Waals surface area contributed by atoms with E-state index in [9.17, 15) is 0 Å². The highest BCUT2D eigenvalue weighted by atomic mass is 16.5. The Labute approximate surface area is 107 Å². The van der Waals surface area contributed by atoms with E-state index in [1.165, 1.54) is 12.8 Å². The molecule has 0 aromatic heterocycles. The van der Waals surface area contributed by atoms with E-state index in [1.54, 1.807) is 0 Å². The van der Waals surface area contributed by atoms with Crippen LogP contribution in [-0.4, -0.2) is 50.3 Å². The fourth-order valence-electron chi connectivity index (χ4n) is 2.41. The zero-order chi connectivity index (χ0) is 12.9. The summed E-state index contributed by atoms with van der Waals surface area (Å²) in [5, 5.41) is 3.60. The van der Waals surface area contributed by atoms with Crippen molar-refractivity contribution in [3.8, 4) is 0 Å². The van der Waals surface area contributed by atoms with Crippen LogP contribution in [0.4, 0.5) is 0 Å². The Kier molecular flexibility index (Phi) is 5.90. The first kappa shape index (κ1) is 14.9. The lowest BCUT2D eigenvalue weighted by Crippen LogP contribution is -2.48. The van der Waals surface area contributed by atoms with Gasteiger partial charge in [-0.1, -0.05) is 27.7 Å². The van der Waals surface area contributed by atoms with Crippen LogP contribution in [0.1, 0.15) is 40.5 Å². The largest absolute Gasteiger partial charge is 0.377 e. The van der Waals surface area contributed by atoms with E-state index in [2.05, 4.69) is 45.0 Å². The van der Waals surface area contributed by atoms with Crippen LogP contribution in [0.3, 0.4) is 0 Å². The van der Waals surface area contributed by atoms with Gasteiger partial charge in [-0.15, -0.1) is 0 Å². The van der Waals surface area contributed by atoms with Crippen molar-refractivity contribution in [2.45, 2.75) is 52.7 Å². The van der Waals surface area contributed by atoms with Gasteiger partial charge in [0.2, 0.25) is 0 Å².